The number of benzene rings is 1. The highest BCUT2D eigenvalue weighted by Gasteiger charge is 2.16. The van der Waals surface area contributed by atoms with Crippen molar-refractivity contribution < 1.29 is 4.74 Å². The Bertz CT molecular complexity index is 582. The fraction of sp³-hybridized carbons (Fsp3) is 0.429. The van der Waals surface area contributed by atoms with E-state index in [-0.39, 0.29) is 6.04 Å². The highest BCUT2D eigenvalue weighted by atomic mass is 32.1. The van der Waals surface area contributed by atoms with Gasteiger partial charge in [-0.3, -0.25) is 0 Å². The number of fused-ring (bicyclic) bond motifs is 1. The van der Waals surface area contributed by atoms with Crippen LogP contribution in [0.2, 0.25) is 0 Å². The molecule has 0 saturated heterocycles. The molecule has 0 spiro atoms. The highest BCUT2D eigenvalue weighted by Crippen LogP contribution is 2.32. The summed E-state index contributed by atoms with van der Waals surface area (Å²) < 4.78 is 5.52. The van der Waals surface area contributed by atoms with Gasteiger partial charge in [0.15, 0.2) is 0 Å². The molecule has 2 heterocycles. The molecule has 100 valence electrons. The van der Waals surface area contributed by atoms with Crippen molar-refractivity contribution in [2.45, 2.75) is 26.3 Å². The third-order valence-corrected chi connectivity index (χ3v) is 4.41. The molecule has 0 amide bonds. The van der Waals surface area contributed by atoms with Gasteiger partial charge in [0.2, 0.25) is 0 Å². The van der Waals surface area contributed by atoms with Crippen molar-refractivity contribution in [3.63, 3.8) is 0 Å². The summed E-state index contributed by atoms with van der Waals surface area (Å²) in [5.74, 6) is 1.01. The maximum absolute atomic E-state index is 5.52. The number of rotatable bonds is 4. The van der Waals surface area contributed by atoms with E-state index in [1.54, 1.807) is 11.3 Å². The van der Waals surface area contributed by atoms with Gasteiger partial charge >= 0.3 is 0 Å². The van der Waals surface area contributed by atoms with E-state index in [4.69, 9.17) is 4.74 Å². The summed E-state index contributed by atoms with van der Waals surface area (Å²) in [5.41, 5.74) is 2.41. The van der Waals surface area contributed by atoms with Crippen molar-refractivity contribution in [2.75, 3.05) is 13.2 Å². The Balaban J connectivity index is 1.86. The molecule has 0 aliphatic carbocycles. The summed E-state index contributed by atoms with van der Waals surface area (Å²) in [6.07, 6.45) is 0.989. The zero-order valence-corrected chi connectivity index (χ0v) is 12.0. The van der Waals surface area contributed by atoms with Gasteiger partial charge in [-0.25, -0.2) is 0 Å². The van der Waals surface area contributed by atoms with Gasteiger partial charge in [-0.05, 0) is 37.2 Å². The van der Waals surface area contributed by atoms with E-state index >= 15 is 0 Å². The van der Waals surface area contributed by atoms with Crippen LogP contribution >= 0.6 is 11.3 Å². The first-order valence-corrected chi connectivity index (χ1v) is 7.42. The van der Waals surface area contributed by atoms with Crippen LogP contribution in [0.4, 0.5) is 0 Å². The number of nitrogens with one attached hydrogen (secondary N) is 1. The number of nitrogens with zero attached hydrogens (tertiary/aromatic N) is 2. The van der Waals surface area contributed by atoms with E-state index < -0.39 is 0 Å². The maximum Gasteiger partial charge on any atom is 0.147 e. The van der Waals surface area contributed by atoms with Crippen LogP contribution in [0, 0.1) is 0 Å². The molecule has 1 N–H and O–H groups in total. The topological polar surface area (TPSA) is 47.0 Å². The van der Waals surface area contributed by atoms with E-state index in [9.17, 15) is 0 Å². The van der Waals surface area contributed by atoms with Crippen LogP contribution in [0.1, 0.15) is 30.5 Å². The van der Waals surface area contributed by atoms with Crippen LogP contribution in [0.15, 0.2) is 18.2 Å². The molecule has 1 aromatic carbocycles. The van der Waals surface area contributed by atoms with Crippen molar-refractivity contribution in [1.82, 2.24) is 15.5 Å². The van der Waals surface area contributed by atoms with Crippen LogP contribution in [-0.4, -0.2) is 23.3 Å². The number of aromatic nitrogens is 2. The average molecular weight is 275 g/mol. The summed E-state index contributed by atoms with van der Waals surface area (Å²) in [6.45, 7) is 5.94. The molecule has 5 heteroatoms. The Hall–Kier alpha value is -1.46. The van der Waals surface area contributed by atoms with Gasteiger partial charge in [0.1, 0.15) is 15.8 Å². The van der Waals surface area contributed by atoms with Gasteiger partial charge in [0.05, 0.1) is 12.6 Å². The zero-order valence-electron chi connectivity index (χ0n) is 11.1. The highest BCUT2D eigenvalue weighted by molar-refractivity contribution is 7.14. The van der Waals surface area contributed by atoms with Gasteiger partial charge < -0.3 is 10.1 Å². The third-order valence-electron chi connectivity index (χ3n) is 3.26. The number of hydrogen-bond acceptors (Lipinski definition) is 5. The minimum absolute atomic E-state index is 0.258. The van der Waals surface area contributed by atoms with Gasteiger partial charge in [0, 0.05) is 12.0 Å². The molecule has 0 saturated carbocycles. The first kappa shape index (κ1) is 12.6. The Morgan fingerprint density at radius 2 is 2.32 bits per heavy atom. The van der Waals surface area contributed by atoms with Crippen molar-refractivity contribution in [3.05, 3.63) is 28.8 Å². The van der Waals surface area contributed by atoms with Crippen molar-refractivity contribution in [3.8, 4) is 16.3 Å². The van der Waals surface area contributed by atoms with Crippen LogP contribution < -0.4 is 10.1 Å². The molecule has 1 atom stereocenters. The predicted molar refractivity (Wildman–Crippen MR) is 76.6 cm³/mol. The van der Waals surface area contributed by atoms with E-state index in [0.717, 1.165) is 40.9 Å². The molecule has 1 aliphatic rings. The minimum atomic E-state index is 0.258. The second-order valence-corrected chi connectivity index (χ2v) is 5.65. The third kappa shape index (κ3) is 2.48. The van der Waals surface area contributed by atoms with E-state index in [0.29, 0.717) is 0 Å². The molecule has 1 unspecified atom stereocenters. The van der Waals surface area contributed by atoms with Gasteiger partial charge in [-0.15, -0.1) is 10.2 Å². The lowest BCUT2D eigenvalue weighted by Gasteiger charge is -2.06. The predicted octanol–water partition coefficient (Wildman–Crippen LogP) is 2.81. The van der Waals surface area contributed by atoms with E-state index in [1.807, 2.05) is 6.07 Å². The second-order valence-electron chi connectivity index (χ2n) is 4.65. The molecular formula is C14H17N3OS. The SMILES string of the molecule is CCNC(C)c1nnc(-c2ccc3c(c2)CCO3)s1. The second kappa shape index (κ2) is 5.27. The summed E-state index contributed by atoms with van der Waals surface area (Å²) in [7, 11) is 0. The lowest BCUT2D eigenvalue weighted by atomic mass is 10.1. The summed E-state index contributed by atoms with van der Waals surface area (Å²) >= 11 is 1.65. The summed E-state index contributed by atoms with van der Waals surface area (Å²) in [4.78, 5) is 0. The zero-order chi connectivity index (χ0) is 13.2. The molecule has 2 aromatic rings. The van der Waals surface area contributed by atoms with Crippen LogP contribution in [0.3, 0.4) is 0 Å². The van der Waals surface area contributed by atoms with Gasteiger partial charge in [-0.1, -0.05) is 18.3 Å². The standard InChI is InChI=1S/C14H17N3OS/c1-3-15-9(2)13-16-17-14(19-13)11-4-5-12-10(8-11)6-7-18-12/h4-5,8-9,15H,3,6-7H2,1-2H3. The average Bonchev–Trinajstić information content (AvgIpc) is 3.07. The Kier molecular flexibility index (Phi) is 3.48. The van der Waals surface area contributed by atoms with Crippen LogP contribution in [-0.2, 0) is 6.42 Å². The number of ether oxygens (including phenoxy) is 1. The molecule has 4 nitrogen and oxygen atoms in total. The minimum Gasteiger partial charge on any atom is -0.493 e. The molecule has 19 heavy (non-hydrogen) atoms. The fourth-order valence-corrected chi connectivity index (χ4v) is 3.11. The fourth-order valence-electron chi connectivity index (χ4n) is 2.24. The summed E-state index contributed by atoms with van der Waals surface area (Å²) in [6, 6.07) is 6.53. The van der Waals surface area contributed by atoms with E-state index in [2.05, 4.69) is 41.5 Å². The van der Waals surface area contributed by atoms with Gasteiger partial charge in [-0.2, -0.15) is 0 Å². The Morgan fingerprint density at radius 1 is 1.42 bits per heavy atom. The largest absolute Gasteiger partial charge is 0.493 e. The van der Waals surface area contributed by atoms with Crippen molar-refractivity contribution in [2.24, 2.45) is 0 Å². The lowest BCUT2D eigenvalue weighted by Crippen LogP contribution is -2.17. The first-order chi connectivity index (χ1) is 9.28. The lowest BCUT2D eigenvalue weighted by molar-refractivity contribution is 0.357. The molecule has 1 aromatic heterocycles. The Labute approximate surface area is 116 Å². The first-order valence-electron chi connectivity index (χ1n) is 6.61. The van der Waals surface area contributed by atoms with Crippen molar-refractivity contribution >= 4 is 11.3 Å². The van der Waals surface area contributed by atoms with Crippen LogP contribution in [0.5, 0.6) is 5.75 Å². The van der Waals surface area contributed by atoms with E-state index in [1.165, 1.54) is 5.56 Å². The van der Waals surface area contributed by atoms with Gasteiger partial charge in [0.25, 0.3) is 0 Å². The molecule has 3 rings (SSSR count). The smallest absolute Gasteiger partial charge is 0.147 e. The summed E-state index contributed by atoms with van der Waals surface area (Å²) in [5, 5.41) is 14.0. The van der Waals surface area contributed by atoms with Crippen LogP contribution in [0.25, 0.3) is 10.6 Å². The monoisotopic (exact) mass is 275 g/mol. The molecule has 0 bridgehead atoms. The maximum atomic E-state index is 5.52. The Morgan fingerprint density at radius 3 is 3.16 bits per heavy atom. The molecule has 0 radical (unpaired) electrons. The quantitative estimate of drug-likeness (QED) is 0.932. The molecule has 1 aliphatic heterocycles. The molecule has 0 fully saturated rings. The molecular weight excluding hydrogens is 258 g/mol. The normalized spacial score (nSPS) is 15.1. The number of hydrogen-bond donors (Lipinski definition) is 1. The van der Waals surface area contributed by atoms with Crippen molar-refractivity contribution in [1.29, 1.82) is 0 Å².